The van der Waals surface area contributed by atoms with Gasteiger partial charge in [-0.1, -0.05) is 19.9 Å². The van der Waals surface area contributed by atoms with Crippen LogP contribution in [0.25, 0.3) is 11.3 Å². The molecule has 0 unspecified atom stereocenters. The van der Waals surface area contributed by atoms with Gasteiger partial charge in [0.2, 0.25) is 5.28 Å². The van der Waals surface area contributed by atoms with E-state index in [2.05, 4.69) is 9.97 Å². The number of benzene rings is 1. The average Bonchev–Trinajstić information content (AvgIpc) is 2.35. The third-order valence-electron chi connectivity index (χ3n) is 2.69. The monoisotopic (exact) mass is 282 g/mol. The lowest BCUT2D eigenvalue weighted by Crippen LogP contribution is -2.02. The molecule has 2 aromatic rings. The van der Waals surface area contributed by atoms with Crippen molar-refractivity contribution < 1.29 is 8.78 Å². The zero-order chi connectivity index (χ0) is 14.0. The average molecular weight is 283 g/mol. The zero-order valence-electron chi connectivity index (χ0n) is 10.6. The van der Waals surface area contributed by atoms with E-state index in [-0.39, 0.29) is 22.5 Å². The number of halogens is 3. The molecule has 2 rings (SSSR count). The lowest BCUT2D eigenvalue weighted by molar-refractivity contribution is 0.491. The van der Waals surface area contributed by atoms with Gasteiger partial charge >= 0.3 is 0 Å². The maximum absolute atomic E-state index is 14.1. The fourth-order valence-electron chi connectivity index (χ4n) is 1.87. The molecular weight excluding hydrogens is 270 g/mol. The van der Waals surface area contributed by atoms with Gasteiger partial charge in [-0.3, -0.25) is 0 Å². The summed E-state index contributed by atoms with van der Waals surface area (Å²) >= 11 is 5.65. The van der Waals surface area contributed by atoms with Crippen LogP contribution in [0, 0.1) is 17.6 Å². The van der Waals surface area contributed by atoms with Gasteiger partial charge in [0.25, 0.3) is 0 Å². The molecule has 0 fully saturated rings. The molecule has 1 aromatic carbocycles. The number of aromatic nitrogens is 2. The van der Waals surface area contributed by atoms with E-state index in [1.165, 1.54) is 18.3 Å². The first-order valence-corrected chi connectivity index (χ1v) is 6.32. The first-order chi connectivity index (χ1) is 8.99. The fourth-order valence-corrected chi connectivity index (χ4v) is 2.02. The molecule has 0 radical (unpaired) electrons. The van der Waals surface area contributed by atoms with Crippen molar-refractivity contribution in [3.63, 3.8) is 0 Å². The minimum Gasteiger partial charge on any atom is -0.226 e. The Labute approximate surface area is 115 Å². The Hall–Kier alpha value is -1.55. The Morgan fingerprint density at radius 2 is 1.89 bits per heavy atom. The summed E-state index contributed by atoms with van der Waals surface area (Å²) in [4.78, 5) is 7.60. The van der Waals surface area contributed by atoms with Gasteiger partial charge in [0.15, 0.2) is 11.6 Å². The molecule has 1 aromatic heterocycles. The highest BCUT2D eigenvalue weighted by Gasteiger charge is 2.16. The first-order valence-electron chi connectivity index (χ1n) is 5.95. The fraction of sp³-hybridized carbons (Fsp3) is 0.286. The molecule has 5 heteroatoms. The smallest absolute Gasteiger partial charge is 0.222 e. The van der Waals surface area contributed by atoms with Crippen LogP contribution in [0.15, 0.2) is 24.4 Å². The Balaban J connectivity index is 2.47. The molecule has 0 aliphatic heterocycles. The van der Waals surface area contributed by atoms with Crippen LogP contribution in [0.1, 0.15) is 19.4 Å². The predicted molar refractivity (Wildman–Crippen MR) is 70.9 cm³/mol. The Bertz CT molecular complexity index is 600. The van der Waals surface area contributed by atoms with E-state index in [0.717, 1.165) is 0 Å². The van der Waals surface area contributed by atoms with Crippen LogP contribution < -0.4 is 0 Å². The van der Waals surface area contributed by atoms with Crippen molar-refractivity contribution in [3.8, 4) is 11.3 Å². The minimum atomic E-state index is -0.895. The molecule has 0 saturated heterocycles. The molecule has 0 atom stereocenters. The molecule has 0 N–H and O–H groups in total. The van der Waals surface area contributed by atoms with Crippen molar-refractivity contribution in [1.82, 2.24) is 9.97 Å². The second-order valence-corrected chi connectivity index (χ2v) is 5.05. The van der Waals surface area contributed by atoms with Gasteiger partial charge in [0, 0.05) is 11.8 Å². The Morgan fingerprint density at radius 1 is 1.16 bits per heavy atom. The third-order valence-corrected chi connectivity index (χ3v) is 2.87. The normalized spacial score (nSPS) is 11.1. The van der Waals surface area contributed by atoms with Gasteiger partial charge in [-0.15, -0.1) is 0 Å². The van der Waals surface area contributed by atoms with Gasteiger partial charge in [-0.05, 0) is 41.6 Å². The summed E-state index contributed by atoms with van der Waals surface area (Å²) in [6.45, 7) is 3.91. The van der Waals surface area contributed by atoms with Crippen LogP contribution >= 0.6 is 11.6 Å². The van der Waals surface area contributed by atoms with Crippen molar-refractivity contribution >= 4 is 11.6 Å². The lowest BCUT2D eigenvalue weighted by Gasteiger charge is -2.10. The summed E-state index contributed by atoms with van der Waals surface area (Å²) in [6, 6.07) is 4.60. The van der Waals surface area contributed by atoms with Crippen LogP contribution in [0.3, 0.4) is 0 Å². The largest absolute Gasteiger partial charge is 0.226 e. The number of hydrogen-bond donors (Lipinski definition) is 0. The summed E-state index contributed by atoms with van der Waals surface area (Å²) in [7, 11) is 0. The van der Waals surface area contributed by atoms with Crippen molar-refractivity contribution in [2.24, 2.45) is 5.92 Å². The van der Waals surface area contributed by atoms with E-state index in [9.17, 15) is 8.78 Å². The summed E-state index contributed by atoms with van der Waals surface area (Å²) < 4.78 is 28.0. The minimum absolute atomic E-state index is 0.00330. The highest BCUT2D eigenvalue weighted by atomic mass is 35.5. The topological polar surface area (TPSA) is 25.8 Å². The maximum Gasteiger partial charge on any atom is 0.222 e. The van der Waals surface area contributed by atoms with E-state index in [1.54, 1.807) is 6.07 Å². The number of nitrogens with zero attached hydrogens (tertiary/aromatic N) is 2. The highest BCUT2D eigenvalue weighted by Crippen LogP contribution is 2.26. The van der Waals surface area contributed by atoms with Crippen LogP contribution in [-0.2, 0) is 6.42 Å². The second kappa shape index (κ2) is 5.61. The quantitative estimate of drug-likeness (QED) is 0.786. The number of rotatable bonds is 3. The maximum atomic E-state index is 14.1. The van der Waals surface area contributed by atoms with Crippen molar-refractivity contribution in [3.05, 3.63) is 46.9 Å². The van der Waals surface area contributed by atoms with Crippen LogP contribution in [0.4, 0.5) is 8.78 Å². The summed E-state index contributed by atoms with van der Waals surface area (Å²) in [5.41, 5.74) is 0.734. The van der Waals surface area contributed by atoms with Crippen molar-refractivity contribution in [2.75, 3.05) is 0 Å². The molecule has 0 aliphatic rings. The SMILES string of the molecule is CC(C)Cc1ccc(-c2ccnc(Cl)n2)c(F)c1F. The molecule has 1 heterocycles. The molecule has 2 nitrogen and oxygen atoms in total. The van der Waals surface area contributed by atoms with Gasteiger partial charge in [-0.25, -0.2) is 18.7 Å². The van der Waals surface area contributed by atoms with Crippen LogP contribution in [-0.4, -0.2) is 9.97 Å². The molecule has 0 saturated carbocycles. The van der Waals surface area contributed by atoms with E-state index in [4.69, 9.17) is 11.6 Å². The third kappa shape index (κ3) is 3.07. The molecule has 19 heavy (non-hydrogen) atoms. The lowest BCUT2D eigenvalue weighted by atomic mass is 9.99. The van der Waals surface area contributed by atoms with E-state index < -0.39 is 11.6 Å². The predicted octanol–water partition coefficient (Wildman–Crippen LogP) is 4.27. The molecule has 0 aliphatic carbocycles. The summed E-state index contributed by atoms with van der Waals surface area (Å²) in [6.07, 6.45) is 1.90. The first kappa shape index (κ1) is 13.9. The molecule has 0 amide bonds. The summed E-state index contributed by atoms with van der Waals surface area (Å²) in [5, 5.41) is 0.00330. The van der Waals surface area contributed by atoms with Crippen molar-refractivity contribution in [1.29, 1.82) is 0 Å². The number of hydrogen-bond acceptors (Lipinski definition) is 2. The van der Waals surface area contributed by atoms with Gasteiger partial charge < -0.3 is 0 Å². The van der Waals surface area contributed by atoms with Gasteiger partial charge in [-0.2, -0.15) is 0 Å². The zero-order valence-corrected chi connectivity index (χ0v) is 11.4. The standard InChI is InChI=1S/C14H13ClF2N2/c1-8(2)7-9-3-4-10(13(17)12(9)16)11-5-6-18-14(15)19-11/h3-6,8H,7H2,1-2H3. The highest BCUT2D eigenvalue weighted by molar-refractivity contribution is 6.28. The van der Waals surface area contributed by atoms with Crippen LogP contribution in [0.2, 0.25) is 5.28 Å². The molecule has 0 bridgehead atoms. The Kier molecular flexibility index (Phi) is 4.10. The summed E-state index contributed by atoms with van der Waals surface area (Å²) in [5.74, 6) is -1.46. The van der Waals surface area contributed by atoms with Crippen LogP contribution in [0.5, 0.6) is 0 Å². The molecular formula is C14H13ClF2N2. The molecule has 100 valence electrons. The van der Waals surface area contributed by atoms with Gasteiger partial charge in [0.05, 0.1) is 5.69 Å². The van der Waals surface area contributed by atoms with E-state index in [1.807, 2.05) is 13.8 Å². The van der Waals surface area contributed by atoms with E-state index >= 15 is 0 Å². The van der Waals surface area contributed by atoms with Crippen molar-refractivity contribution in [2.45, 2.75) is 20.3 Å². The molecule has 0 spiro atoms. The van der Waals surface area contributed by atoms with Gasteiger partial charge in [0.1, 0.15) is 0 Å². The second-order valence-electron chi connectivity index (χ2n) is 4.71. The Morgan fingerprint density at radius 3 is 2.53 bits per heavy atom. The van der Waals surface area contributed by atoms with E-state index in [0.29, 0.717) is 12.0 Å².